The third-order valence-electron chi connectivity index (χ3n) is 2.16. The Bertz CT molecular complexity index is 300. The van der Waals surface area contributed by atoms with E-state index in [2.05, 4.69) is 53.2 Å². The fourth-order valence-electron chi connectivity index (χ4n) is 1.21. The first-order valence-electron chi connectivity index (χ1n) is 4.89. The summed E-state index contributed by atoms with van der Waals surface area (Å²) in [6.45, 7) is 5.16. The molecule has 1 heterocycles. The molecule has 2 nitrogen and oxygen atoms in total. The zero-order valence-corrected chi connectivity index (χ0v) is 9.92. The van der Waals surface area contributed by atoms with E-state index in [4.69, 9.17) is 0 Å². The van der Waals surface area contributed by atoms with Crippen LogP contribution in [0, 0.1) is 0 Å². The van der Waals surface area contributed by atoms with Crippen LogP contribution in [0.2, 0.25) is 0 Å². The largest absolute Gasteiger partial charge is 0.242 e. The fraction of sp³-hybridized carbons (Fsp3) is 0.455. The minimum atomic E-state index is 0.186. The van der Waals surface area contributed by atoms with Crippen molar-refractivity contribution in [2.45, 2.75) is 20.3 Å². The lowest BCUT2D eigenvalue weighted by molar-refractivity contribution is 0.567. The van der Waals surface area contributed by atoms with Gasteiger partial charge in [-0.2, -0.15) is 5.10 Å². The van der Waals surface area contributed by atoms with Crippen molar-refractivity contribution in [3.05, 3.63) is 23.8 Å². The monoisotopic (exact) mass is 210 g/mol. The van der Waals surface area contributed by atoms with E-state index >= 15 is 0 Å². The SMILES string of the molecule is CC=C(C=CCN1N=CC=S1C)CC. The van der Waals surface area contributed by atoms with Crippen molar-refractivity contribution in [3.8, 4) is 0 Å². The molecule has 0 amide bonds. The van der Waals surface area contributed by atoms with E-state index in [1.165, 1.54) is 5.57 Å². The van der Waals surface area contributed by atoms with E-state index < -0.39 is 0 Å². The Morgan fingerprint density at radius 1 is 1.57 bits per heavy atom. The Hall–Kier alpha value is -0.830. The van der Waals surface area contributed by atoms with Crippen LogP contribution in [0.4, 0.5) is 0 Å². The van der Waals surface area contributed by atoms with Gasteiger partial charge in [-0.15, -0.1) is 0 Å². The van der Waals surface area contributed by atoms with Crippen molar-refractivity contribution in [2.24, 2.45) is 5.10 Å². The van der Waals surface area contributed by atoms with Gasteiger partial charge in [0.15, 0.2) is 0 Å². The van der Waals surface area contributed by atoms with Crippen molar-refractivity contribution in [3.63, 3.8) is 0 Å². The van der Waals surface area contributed by atoms with Gasteiger partial charge in [-0.25, -0.2) is 4.41 Å². The predicted octanol–water partition coefficient (Wildman–Crippen LogP) is 2.82. The molecule has 0 aliphatic carbocycles. The van der Waals surface area contributed by atoms with E-state index in [9.17, 15) is 0 Å². The van der Waals surface area contributed by atoms with Gasteiger partial charge in [-0.1, -0.05) is 41.4 Å². The summed E-state index contributed by atoms with van der Waals surface area (Å²) in [4.78, 5) is 0. The number of allylic oxidation sites excluding steroid dienone is 3. The molecule has 0 saturated carbocycles. The first-order chi connectivity index (χ1) is 6.77. The molecule has 1 atom stereocenters. The molecule has 0 N–H and O–H groups in total. The maximum Gasteiger partial charge on any atom is 0.0660 e. The maximum absolute atomic E-state index is 4.26. The second-order valence-corrected chi connectivity index (χ2v) is 4.82. The first-order valence-corrected chi connectivity index (χ1v) is 6.54. The van der Waals surface area contributed by atoms with Crippen molar-refractivity contribution in [1.29, 1.82) is 0 Å². The molecule has 0 radical (unpaired) electrons. The molecule has 1 aliphatic rings. The van der Waals surface area contributed by atoms with E-state index in [-0.39, 0.29) is 10.7 Å². The number of hydrogen-bond donors (Lipinski definition) is 0. The highest BCUT2D eigenvalue weighted by molar-refractivity contribution is 8.13. The van der Waals surface area contributed by atoms with Crippen LogP contribution in [0.3, 0.4) is 0 Å². The molecule has 3 heteroatoms. The average molecular weight is 210 g/mol. The minimum Gasteiger partial charge on any atom is -0.242 e. The highest BCUT2D eigenvalue weighted by atomic mass is 32.2. The second kappa shape index (κ2) is 5.81. The van der Waals surface area contributed by atoms with Crippen LogP contribution in [0.5, 0.6) is 0 Å². The van der Waals surface area contributed by atoms with Crippen molar-refractivity contribution in [1.82, 2.24) is 4.41 Å². The molecule has 1 aliphatic heterocycles. The molecule has 1 rings (SSSR count). The van der Waals surface area contributed by atoms with Gasteiger partial charge in [0.1, 0.15) is 0 Å². The maximum atomic E-state index is 4.26. The summed E-state index contributed by atoms with van der Waals surface area (Å²) in [5.41, 5.74) is 1.38. The lowest BCUT2D eigenvalue weighted by Crippen LogP contribution is -2.06. The van der Waals surface area contributed by atoms with Crippen molar-refractivity contribution in [2.75, 3.05) is 12.8 Å². The summed E-state index contributed by atoms with van der Waals surface area (Å²) < 4.78 is 2.10. The lowest BCUT2D eigenvalue weighted by atomic mass is 10.2. The smallest absolute Gasteiger partial charge is 0.0660 e. The topological polar surface area (TPSA) is 15.6 Å². The average Bonchev–Trinajstić information content (AvgIpc) is 2.59. The van der Waals surface area contributed by atoms with Crippen molar-refractivity contribution >= 4 is 22.3 Å². The molecule has 0 fully saturated rings. The number of nitrogens with zero attached hydrogens (tertiary/aromatic N) is 2. The van der Waals surface area contributed by atoms with E-state index in [0.29, 0.717) is 0 Å². The molecule has 0 aromatic carbocycles. The van der Waals surface area contributed by atoms with E-state index in [0.717, 1.165) is 13.0 Å². The quantitative estimate of drug-likeness (QED) is 0.514. The van der Waals surface area contributed by atoms with Gasteiger partial charge in [0.25, 0.3) is 0 Å². The van der Waals surface area contributed by atoms with E-state index in [1.807, 2.05) is 6.21 Å². The Morgan fingerprint density at radius 2 is 2.36 bits per heavy atom. The zero-order chi connectivity index (χ0) is 10.4. The second-order valence-electron chi connectivity index (χ2n) is 3.08. The molecule has 0 bridgehead atoms. The number of hydrazone groups is 1. The number of rotatable bonds is 4. The lowest BCUT2D eigenvalue weighted by Gasteiger charge is -2.13. The Balaban J connectivity index is 2.40. The number of hydrogen-bond acceptors (Lipinski definition) is 2. The van der Waals surface area contributed by atoms with Gasteiger partial charge in [0.05, 0.1) is 12.8 Å². The third kappa shape index (κ3) is 3.14. The van der Waals surface area contributed by atoms with Crippen LogP contribution in [-0.2, 0) is 0 Å². The fourth-order valence-corrected chi connectivity index (χ4v) is 2.11. The Morgan fingerprint density at radius 3 is 2.86 bits per heavy atom. The summed E-state index contributed by atoms with van der Waals surface area (Å²) in [6.07, 6.45) is 11.7. The highest BCUT2D eigenvalue weighted by Gasteiger charge is 2.02. The molecule has 0 aromatic heterocycles. The zero-order valence-electron chi connectivity index (χ0n) is 9.10. The minimum absolute atomic E-state index is 0.186. The molecule has 0 saturated heterocycles. The van der Waals surface area contributed by atoms with Gasteiger partial charge in [-0.05, 0) is 19.6 Å². The van der Waals surface area contributed by atoms with Crippen molar-refractivity contribution < 1.29 is 0 Å². The summed E-state index contributed by atoms with van der Waals surface area (Å²) in [5, 5.41) is 6.39. The molecular formula is C11H18N2S. The molecule has 14 heavy (non-hydrogen) atoms. The Kier molecular flexibility index (Phi) is 4.66. The molecule has 78 valence electrons. The van der Waals surface area contributed by atoms with Gasteiger partial charge in [0, 0.05) is 5.37 Å². The van der Waals surface area contributed by atoms with Gasteiger partial charge < -0.3 is 0 Å². The van der Waals surface area contributed by atoms with Crippen LogP contribution in [-0.4, -0.2) is 28.8 Å². The van der Waals surface area contributed by atoms with Crippen LogP contribution >= 0.6 is 10.7 Å². The normalized spacial score (nSPS) is 22.1. The van der Waals surface area contributed by atoms with Gasteiger partial charge >= 0.3 is 0 Å². The summed E-state index contributed by atoms with van der Waals surface area (Å²) in [6, 6.07) is 0. The first kappa shape index (κ1) is 11.2. The predicted molar refractivity (Wildman–Crippen MR) is 68.0 cm³/mol. The summed E-state index contributed by atoms with van der Waals surface area (Å²) in [7, 11) is 0.186. The summed E-state index contributed by atoms with van der Waals surface area (Å²) in [5.74, 6) is 0. The van der Waals surface area contributed by atoms with E-state index in [1.54, 1.807) is 0 Å². The van der Waals surface area contributed by atoms with Crippen LogP contribution in [0.25, 0.3) is 0 Å². The van der Waals surface area contributed by atoms with Gasteiger partial charge in [0.2, 0.25) is 0 Å². The molecule has 0 aromatic rings. The molecule has 0 spiro atoms. The van der Waals surface area contributed by atoms with Gasteiger partial charge in [-0.3, -0.25) is 0 Å². The van der Waals surface area contributed by atoms with Crippen LogP contribution in [0.15, 0.2) is 28.9 Å². The Labute approximate surface area is 89.1 Å². The standard InChI is InChI=1S/C11H18N2S/c1-4-11(5-2)7-6-9-13-12-8-10-14(13)3/h4,6-8,10H,5,9H2,1-3H3. The third-order valence-corrected chi connectivity index (χ3v) is 3.58. The molecule has 1 unspecified atom stereocenters. The van der Waals surface area contributed by atoms with Crippen LogP contribution in [0.1, 0.15) is 20.3 Å². The summed E-state index contributed by atoms with van der Waals surface area (Å²) >= 11 is 0. The highest BCUT2D eigenvalue weighted by Crippen LogP contribution is 2.17. The molecular weight excluding hydrogens is 192 g/mol. The van der Waals surface area contributed by atoms with Crippen LogP contribution < -0.4 is 0 Å².